The molecule has 2 amide bonds. The van der Waals surface area contributed by atoms with E-state index in [1.807, 2.05) is 25.1 Å². The summed E-state index contributed by atoms with van der Waals surface area (Å²) in [6.45, 7) is 9.72. The Balaban J connectivity index is 1.50. The molecular weight excluding hydrogens is 318 g/mol. The quantitative estimate of drug-likeness (QED) is 0.769. The van der Waals surface area contributed by atoms with E-state index >= 15 is 0 Å². The average molecular weight is 346 g/mol. The zero-order chi connectivity index (χ0) is 17.8. The summed E-state index contributed by atoms with van der Waals surface area (Å²) in [5.41, 5.74) is 3.25. The lowest BCUT2D eigenvalue weighted by molar-refractivity contribution is -0.906. The normalized spacial score (nSPS) is 21.6. The van der Waals surface area contributed by atoms with Gasteiger partial charge in [0.25, 0.3) is 0 Å². The Bertz CT molecular complexity index is 641. The molecule has 0 saturated carbocycles. The highest BCUT2D eigenvalue weighted by Gasteiger charge is 2.35. The van der Waals surface area contributed by atoms with E-state index in [0.29, 0.717) is 19.5 Å². The zero-order valence-electron chi connectivity index (χ0n) is 15.1. The predicted molar refractivity (Wildman–Crippen MR) is 95.8 cm³/mol. The number of carbonyl (C=O) groups is 2. The van der Waals surface area contributed by atoms with Crippen LogP contribution in [-0.4, -0.2) is 57.8 Å². The summed E-state index contributed by atoms with van der Waals surface area (Å²) < 4.78 is 5.34. The largest absolute Gasteiger partial charge is 0.370 e. The SMILES string of the molecule is Cc1ccc(N2C[C@@H](C(=O)NCC[NH+]3CCOCC3)CC2=O)cc1C. The van der Waals surface area contributed by atoms with Crippen molar-refractivity contribution in [2.75, 3.05) is 50.8 Å². The summed E-state index contributed by atoms with van der Waals surface area (Å²) in [4.78, 5) is 27.9. The number of nitrogens with one attached hydrogen (secondary N) is 2. The van der Waals surface area contributed by atoms with Crippen LogP contribution in [0.1, 0.15) is 17.5 Å². The van der Waals surface area contributed by atoms with Gasteiger partial charge in [-0.2, -0.15) is 0 Å². The van der Waals surface area contributed by atoms with Crippen molar-refractivity contribution in [3.05, 3.63) is 29.3 Å². The number of benzene rings is 1. The smallest absolute Gasteiger partial charge is 0.227 e. The molecule has 25 heavy (non-hydrogen) atoms. The van der Waals surface area contributed by atoms with Gasteiger partial charge in [0.05, 0.1) is 32.2 Å². The van der Waals surface area contributed by atoms with Crippen LogP contribution in [0.25, 0.3) is 0 Å². The minimum atomic E-state index is -0.256. The standard InChI is InChI=1S/C19H27N3O3/c1-14-3-4-17(11-15(14)2)22-13-16(12-18(22)23)19(24)20-5-6-21-7-9-25-10-8-21/h3-4,11,16H,5-10,12-13H2,1-2H3,(H,20,24)/p+1/t16-/m0/s1. The van der Waals surface area contributed by atoms with Crippen LogP contribution in [-0.2, 0) is 14.3 Å². The molecule has 0 aliphatic carbocycles. The van der Waals surface area contributed by atoms with Crippen LogP contribution in [0.3, 0.4) is 0 Å². The van der Waals surface area contributed by atoms with Crippen LogP contribution in [0.4, 0.5) is 5.69 Å². The number of carbonyl (C=O) groups excluding carboxylic acids is 2. The molecule has 0 spiro atoms. The van der Waals surface area contributed by atoms with Crippen LogP contribution >= 0.6 is 0 Å². The van der Waals surface area contributed by atoms with Gasteiger partial charge in [-0.1, -0.05) is 6.07 Å². The van der Waals surface area contributed by atoms with Gasteiger partial charge in [-0.3, -0.25) is 9.59 Å². The molecule has 2 N–H and O–H groups in total. The van der Waals surface area contributed by atoms with Crippen molar-refractivity contribution >= 4 is 17.5 Å². The van der Waals surface area contributed by atoms with Gasteiger partial charge in [-0.25, -0.2) is 0 Å². The molecular formula is C19H28N3O3+. The molecule has 1 atom stereocenters. The first-order chi connectivity index (χ1) is 12.0. The molecule has 0 radical (unpaired) electrons. The summed E-state index contributed by atoms with van der Waals surface area (Å²) >= 11 is 0. The van der Waals surface area contributed by atoms with Crippen molar-refractivity contribution in [1.29, 1.82) is 0 Å². The fourth-order valence-electron chi connectivity index (χ4n) is 3.44. The Morgan fingerprint density at radius 2 is 2.04 bits per heavy atom. The second kappa shape index (κ2) is 7.97. The molecule has 6 nitrogen and oxygen atoms in total. The fraction of sp³-hybridized carbons (Fsp3) is 0.579. The van der Waals surface area contributed by atoms with E-state index in [4.69, 9.17) is 4.74 Å². The lowest BCUT2D eigenvalue weighted by atomic mass is 10.1. The molecule has 1 aromatic rings. The Kier molecular flexibility index (Phi) is 5.71. The second-order valence-electron chi connectivity index (χ2n) is 7.08. The van der Waals surface area contributed by atoms with E-state index in [1.165, 1.54) is 10.5 Å². The van der Waals surface area contributed by atoms with Crippen LogP contribution in [0, 0.1) is 19.8 Å². The maximum Gasteiger partial charge on any atom is 0.227 e. The fourth-order valence-corrected chi connectivity index (χ4v) is 3.44. The minimum absolute atomic E-state index is 0.00709. The highest BCUT2D eigenvalue weighted by Crippen LogP contribution is 2.26. The predicted octanol–water partition coefficient (Wildman–Crippen LogP) is -0.312. The van der Waals surface area contributed by atoms with Gasteiger partial charge in [-0.05, 0) is 37.1 Å². The number of morpholine rings is 1. The molecule has 2 aliphatic heterocycles. The van der Waals surface area contributed by atoms with Gasteiger partial charge in [-0.15, -0.1) is 0 Å². The number of quaternary nitrogens is 1. The lowest BCUT2D eigenvalue weighted by Gasteiger charge is -2.24. The molecule has 6 heteroatoms. The lowest BCUT2D eigenvalue weighted by Crippen LogP contribution is -3.14. The summed E-state index contributed by atoms with van der Waals surface area (Å²) in [5, 5.41) is 3.01. The number of hydrogen-bond acceptors (Lipinski definition) is 3. The third-order valence-electron chi connectivity index (χ3n) is 5.28. The van der Waals surface area contributed by atoms with E-state index in [2.05, 4.69) is 12.2 Å². The topological polar surface area (TPSA) is 63.1 Å². The zero-order valence-corrected chi connectivity index (χ0v) is 15.1. The van der Waals surface area contributed by atoms with Crippen LogP contribution < -0.4 is 15.1 Å². The van der Waals surface area contributed by atoms with Gasteiger partial charge in [0.15, 0.2) is 0 Å². The van der Waals surface area contributed by atoms with Crippen molar-refractivity contribution in [3.63, 3.8) is 0 Å². The van der Waals surface area contributed by atoms with Crippen LogP contribution in [0.15, 0.2) is 18.2 Å². The summed E-state index contributed by atoms with van der Waals surface area (Å²) in [6.07, 6.45) is 0.295. The molecule has 136 valence electrons. The van der Waals surface area contributed by atoms with Gasteiger partial charge < -0.3 is 19.9 Å². The number of hydrogen-bond donors (Lipinski definition) is 2. The summed E-state index contributed by atoms with van der Waals surface area (Å²) in [6, 6.07) is 6.01. The molecule has 1 aromatic carbocycles. The monoisotopic (exact) mass is 346 g/mol. The van der Waals surface area contributed by atoms with Gasteiger partial charge in [0, 0.05) is 18.7 Å². The van der Waals surface area contributed by atoms with Crippen molar-refractivity contribution < 1.29 is 19.2 Å². The van der Waals surface area contributed by atoms with Gasteiger partial charge >= 0.3 is 0 Å². The Morgan fingerprint density at radius 3 is 2.76 bits per heavy atom. The first-order valence-corrected chi connectivity index (χ1v) is 9.11. The van der Waals surface area contributed by atoms with Crippen molar-refractivity contribution in [2.24, 2.45) is 5.92 Å². The van der Waals surface area contributed by atoms with E-state index in [0.717, 1.165) is 44.1 Å². The number of aryl methyl sites for hydroxylation is 2. The van der Waals surface area contributed by atoms with E-state index in [1.54, 1.807) is 4.90 Å². The highest BCUT2D eigenvalue weighted by atomic mass is 16.5. The highest BCUT2D eigenvalue weighted by molar-refractivity contribution is 6.00. The molecule has 0 unspecified atom stereocenters. The maximum atomic E-state index is 12.4. The molecule has 0 bridgehead atoms. The molecule has 3 rings (SSSR count). The Hall–Kier alpha value is -1.92. The number of nitrogens with zero attached hydrogens (tertiary/aromatic N) is 1. The molecule has 2 fully saturated rings. The van der Waals surface area contributed by atoms with E-state index < -0.39 is 0 Å². The van der Waals surface area contributed by atoms with Gasteiger partial charge in [0.1, 0.15) is 13.1 Å². The molecule has 2 heterocycles. The number of ether oxygens (including phenoxy) is 1. The van der Waals surface area contributed by atoms with Crippen molar-refractivity contribution in [2.45, 2.75) is 20.3 Å². The van der Waals surface area contributed by atoms with Crippen molar-refractivity contribution in [3.8, 4) is 0 Å². The van der Waals surface area contributed by atoms with Crippen LogP contribution in [0.2, 0.25) is 0 Å². The first kappa shape index (κ1) is 17.9. The van der Waals surface area contributed by atoms with E-state index in [-0.39, 0.29) is 17.7 Å². The molecule has 2 aliphatic rings. The number of anilines is 1. The third-order valence-corrected chi connectivity index (χ3v) is 5.28. The van der Waals surface area contributed by atoms with Crippen LogP contribution in [0.5, 0.6) is 0 Å². The Morgan fingerprint density at radius 1 is 1.28 bits per heavy atom. The first-order valence-electron chi connectivity index (χ1n) is 9.11. The van der Waals surface area contributed by atoms with Crippen molar-refractivity contribution in [1.82, 2.24) is 5.32 Å². The van der Waals surface area contributed by atoms with Gasteiger partial charge in [0.2, 0.25) is 11.8 Å². The summed E-state index contributed by atoms with van der Waals surface area (Å²) in [7, 11) is 0. The molecule has 2 saturated heterocycles. The Labute approximate surface area is 149 Å². The minimum Gasteiger partial charge on any atom is -0.370 e. The average Bonchev–Trinajstić information content (AvgIpc) is 3.00. The number of amides is 2. The number of rotatable bonds is 5. The third kappa shape index (κ3) is 4.38. The summed E-state index contributed by atoms with van der Waals surface area (Å²) in [5.74, 6) is -0.233. The second-order valence-corrected chi connectivity index (χ2v) is 7.08. The molecule has 0 aromatic heterocycles. The maximum absolute atomic E-state index is 12.4. The van der Waals surface area contributed by atoms with E-state index in [9.17, 15) is 9.59 Å².